The lowest BCUT2D eigenvalue weighted by Gasteiger charge is -2.23. The molecule has 0 spiro atoms. The lowest BCUT2D eigenvalue weighted by atomic mass is 10.2. The standard InChI is InChI=1S/C14H27F3N2/c1-2-9-18-10-5-3-4-6-11-19(13-7-8-13)12-14(15,16)17/h13,18H,2-12H2,1H3. The zero-order valence-corrected chi connectivity index (χ0v) is 11.9. The van der Waals surface area contributed by atoms with Crippen molar-refractivity contribution in [3.63, 3.8) is 0 Å². The van der Waals surface area contributed by atoms with E-state index >= 15 is 0 Å². The third-order valence-corrected chi connectivity index (χ3v) is 3.42. The zero-order chi connectivity index (χ0) is 14.1. The maximum atomic E-state index is 12.4. The summed E-state index contributed by atoms with van der Waals surface area (Å²) in [5.74, 6) is 0. The minimum absolute atomic E-state index is 0.202. The number of halogens is 3. The van der Waals surface area contributed by atoms with Crippen LogP contribution in [0.1, 0.15) is 51.9 Å². The number of nitrogens with one attached hydrogen (secondary N) is 1. The van der Waals surface area contributed by atoms with E-state index in [2.05, 4.69) is 12.2 Å². The monoisotopic (exact) mass is 280 g/mol. The largest absolute Gasteiger partial charge is 0.401 e. The normalized spacial score (nSPS) is 16.3. The fraction of sp³-hybridized carbons (Fsp3) is 1.00. The SMILES string of the molecule is CCCNCCCCCCN(CC(F)(F)F)C1CC1. The molecule has 1 aliphatic carbocycles. The van der Waals surface area contributed by atoms with Crippen molar-refractivity contribution in [3.05, 3.63) is 0 Å². The van der Waals surface area contributed by atoms with Crippen LogP contribution in [-0.2, 0) is 0 Å². The second-order valence-corrected chi connectivity index (χ2v) is 5.48. The molecule has 0 unspecified atom stereocenters. The number of unbranched alkanes of at least 4 members (excludes halogenated alkanes) is 3. The van der Waals surface area contributed by atoms with Crippen LogP contribution in [0.15, 0.2) is 0 Å². The number of hydrogen-bond acceptors (Lipinski definition) is 2. The van der Waals surface area contributed by atoms with E-state index in [1.54, 1.807) is 4.90 Å². The van der Waals surface area contributed by atoms with E-state index < -0.39 is 12.7 Å². The highest BCUT2D eigenvalue weighted by atomic mass is 19.4. The highest BCUT2D eigenvalue weighted by molar-refractivity contribution is 4.85. The molecule has 0 aliphatic heterocycles. The molecule has 114 valence electrons. The number of alkyl halides is 3. The van der Waals surface area contributed by atoms with Crippen LogP contribution in [0.25, 0.3) is 0 Å². The second-order valence-electron chi connectivity index (χ2n) is 5.48. The van der Waals surface area contributed by atoms with Crippen LogP contribution in [0.3, 0.4) is 0 Å². The van der Waals surface area contributed by atoms with Crippen molar-refractivity contribution < 1.29 is 13.2 Å². The minimum atomic E-state index is -4.05. The molecule has 1 rings (SSSR count). The van der Waals surface area contributed by atoms with Gasteiger partial charge in [-0.2, -0.15) is 13.2 Å². The first-order valence-electron chi connectivity index (χ1n) is 7.54. The summed E-state index contributed by atoms with van der Waals surface area (Å²) in [5, 5.41) is 3.33. The Hall–Kier alpha value is -0.290. The highest BCUT2D eigenvalue weighted by Gasteiger charge is 2.37. The van der Waals surface area contributed by atoms with Gasteiger partial charge in [0.1, 0.15) is 0 Å². The van der Waals surface area contributed by atoms with Gasteiger partial charge in [-0.05, 0) is 51.7 Å². The summed E-state index contributed by atoms with van der Waals surface area (Å²) in [4.78, 5) is 1.62. The first-order valence-corrected chi connectivity index (χ1v) is 7.54. The molecule has 5 heteroatoms. The molecule has 2 nitrogen and oxygen atoms in total. The molecule has 0 saturated heterocycles. The second kappa shape index (κ2) is 8.80. The van der Waals surface area contributed by atoms with E-state index in [1.165, 1.54) is 0 Å². The van der Waals surface area contributed by atoms with Gasteiger partial charge >= 0.3 is 6.18 Å². The van der Waals surface area contributed by atoms with Crippen molar-refractivity contribution in [2.75, 3.05) is 26.2 Å². The van der Waals surface area contributed by atoms with Crippen LogP contribution in [0, 0.1) is 0 Å². The lowest BCUT2D eigenvalue weighted by molar-refractivity contribution is -0.147. The Balaban J connectivity index is 1.99. The van der Waals surface area contributed by atoms with Gasteiger partial charge in [-0.1, -0.05) is 19.8 Å². The summed E-state index contributed by atoms with van der Waals surface area (Å²) < 4.78 is 37.2. The van der Waals surface area contributed by atoms with Gasteiger partial charge in [0, 0.05) is 6.04 Å². The first kappa shape index (κ1) is 16.8. The van der Waals surface area contributed by atoms with Crippen LogP contribution < -0.4 is 5.32 Å². The van der Waals surface area contributed by atoms with Crippen molar-refractivity contribution in [3.8, 4) is 0 Å². The average molecular weight is 280 g/mol. The van der Waals surface area contributed by atoms with Crippen LogP contribution in [0.5, 0.6) is 0 Å². The Bertz CT molecular complexity index is 227. The van der Waals surface area contributed by atoms with E-state index in [-0.39, 0.29) is 6.04 Å². The van der Waals surface area contributed by atoms with Crippen molar-refractivity contribution >= 4 is 0 Å². The number of hydrogen-bond donors (Lipinski definition) is 1. The predicted octanol–water partition coefficient (Wildman–Crippen LogP) is 3.57. The maximum Gasteiger partial charge on any atom is 0.401 e. The Morgan fingerprint density at radius 3 is 2.32 bits per heavy atom. The molecule has 0 aromatic carbocycles. The van der Waals surface area contributed by atoms with E-state index in [0.29, 0.717) is 6.54 Å². The maximum absolute atomic E-state index is 12.4. The predicted molar refractivity (Wildman–Crippen MR) is 72.3 cm³/mol. The van der Waals surface area contributed by atoms with Gasteiger partial charge in [0.25, 0.3) is 0 Å². The molecule has 0 radical (unpaired) electrons. The van der Waals surface area contributed by atoms with Gasteiger partial charge in [0.05, 0.1) is 6.54 Å². The highest BCUT2D eigenvalue weighted by Crippen LogP contribution is 2.30. The summed E-state index contributed by atoms with van der Waals surface area (Å²) in [6, 6.07) is 0.202. The summed E-state index contributed by atoms with van der Waals surface area (Å²) >= 11 is 0. The molecule has 0 amide bonds. The summed E-state index contributed by atoms with van der Waals surface area (Å²) in [7, 11) is 0. The van der Waals surface area contributed by atoms with Gasteiger partial charge < -0.3 is 5.32 Å². The molecular weight excluding hydrogens is 253 g/mol. The van der Waals surface area contributed by atoms with Crippen molar-refractivity contribution in [1.29, 1.82) is 0 Å². The smallest absolute Gasteiger partial charge is 0.317 e. The van der Waals surface area contributed by atoms with Gasteiger partial charge in [-0.3, -0.25) is 4.90 Å². The van der Waals surface area contributed by atoms with Crippen LogP contribution in [-0.4, -0.2) is 43.3 Å². The fourth-order valence-corrected chi connectivity index (χ4v) is 2.28. The molecule has 1 aliphatic rings. The third-order valence-electron chi connectivity index (χ3n) is 3.42. The average Bonchev–Trinajstić information content (AvgIpc) is 3.13. The van der Waals surface area contributed by atoms with E-state index in [1.807, 2.05) is 0 Å². The number of rotatable bonds is 11. The topological polar surface area (TPSA) is 15.3 Å². The molecule has 0 bridgehead atoms. The zero-order valence-electron chi connectivity index (χ0n) is 11.9. The lowest BCUT2D eigenvalue weighted by Crippen LogP contribution is -2.36. The molecule has 1 saturated carbocycles. The van der Waals surface area contributed by atoms with E-state index in [9.17, 15) is 13.2 Å². The summed E-state index contributed by atoms with van der Waals surface area (Å²) in [6.07, 6.45) is 3.15. The molecule has 0 heterocycles. The van der Waals surface area contributed by atoms with Crippen molar-refractivity contribution in [1.82, 2.24) is 10.2 Å². The first-order chi connectivity index (χ1) is 9.03. The molecule has 0 aromatic rings. The van der Waals surface area contributed by atoms with Gasteiger partial charge in [0.15, 0.2) is 0 Å². The Morgan fingerprint density at radius 1 is 1.05 bits per heavy atom. The van der Waals surface area contributed by atoms with Crippen molar-refractivity contribution in [2.45, 2.75) is 64.1 Å². The molecular formula is C14H27F3N2. The Morgan fingerprint density at radius 2 is 1.74 bits per heavy atom. The molecule has 1 N–H and O–H groups in total. The van der Waals surface area contributed by atoms with E-state index in [4.69, 9.17) is 0 Å². The quantitative estimate of drug-likeness (QED) is 0.582. The van der Waals surface area contributed by atoms with Gasteiger partial charge in [-0.15, -0.1) is 0 Å². The minimum Gasteiger partial charge on any atom is -0.317 e. The summed E-state index contributed by atoms with van der Waals surface area (Å²) in [5.41, 5.74) is 0. The summed E-state index contributed by atoms with van der Waals surface area (Å²) in [6.45, 7) is 4.10. The van der Waals surface area contributed by atoms with Gasteiger partial charge in [-0.25, -0.2) is 0 Å². The molecule has 19 heavy (non-hydrogen) atoms. The van der Waals surface area contributed by atoms with Crippen LogP contribution in [0.2, 0.25) is 0 Å². The van der Waals surface area contributed by atoms with Crippen molar-refractivity contribution in [2.24, 2.45) is 0 Å². The van der Waals surface area contributed by atoms with Crippen LogP contribution >= 0.6 is 0 Å². The van der Waals surface area contributed by atoms with Crippen LogP contribution in [0.4, 0.5) is 13.2 Å². The van der Waals surface area contributed by atoms with Gasteiger partial charge in [0.2, 0.25) is 0 Å². The fourth-order valence-electron chi connectivity index (χ4n) is 2.28. The molecule has 0 atom stereocenters. The third kappa shape index (κ3) is 9.27. The number of nitrogens with zero attached hydrogens (tertiary/aromatic N) is 1. The Labute approximate surface area is 114 Å². The Kier molecular flexibility index (Phi) is 7.76. The molecule has 0 aromatic heterocycles. The molecule has 1 fully saturated rings. The van der Waals surface area contributed by atoms with E-state index in [0.717, 1.165) is 58.0 Å².